The van der Waals surface area contributed by atoms with Crippen LogP contribution in [0, 0.1) is 0 Å². The number of hydrogen-bond donors (Lipinski definition) is 1. The second-order valence-electron chi connectivity index (χ2n) is 4.00. The molecule has 1 aliphatic rings. The van der Waals surface area contributed by atoms with Gasteiger partial charge >= 0.3 is 12.3 Å². The lowest BCUT2D eigenvalue weighted by Gasteiger charge is -2.15. The molecule has 0 bridgehead atoms. The SMILES string of the molecule is Nc1nc(COCC(F)(F)C(F)F)nc2c1CSC2. The van der Waals surface area contributed by atoms with Crippen molar-refractivity contribution in [2.75, 3.05) is 12.3 Å². The number of anilines is 1. The quantitative estimate of drug-likeness (QED) is 0.844. The average molecular weight is 297 g/mol. The minimum absolute atomic E-state index is 0.129. The Morgan fingerprint density at radius 3 is 2.74 bits per heavy atom. The molecule has 0 radical (unpaired) electrons. The fourth-order valence-corrected chi connectivity index (χ4v) is 2.59. The van der Waals surface area contributed by atoms with Gasteiger partial charge < -0.3 is 10.5 Å². The van der Waals surface area contributed by atoms with Crippen LogP contribution >= 0.6 is 11.8 Å². The molecule has 0 atom stereocenters. The van der Waals surface area contributed by atoms with Crippen LogP contribution in [-0.4, -0.2) is 28.9 Å². The van der Waals surface area contributed by atoms with Crippen LogP contribution in [0.25, 0.3) is 0 Å². The molecule has 0 saturated heterocycles. The number of alkyl halides is 4. The number of nitrogen functional groups attached to an aromatic ring is 1. The second-order valence-corrected chi connectivity index (χ2v) is 4.98. The van der Waals surface area contributed by atoms with E-state index in [1.165, 1.54) is 0 Å². The number of fused-ring (bicyclic) bond motifs is 1. The van der Waals surface area contributed by atoms with Gasteiger partial charge in [0.1, 0.15) is 19.0 Å². The van der Waals surface area contributed by atoms with Gasteiger partial charge in [-0.25, -0.2) is 18.7 Å². The summed E-state index contributed by atoms with van der Waals surface area (Å²) in [4.78, 5) is 8.01. The third-order valence-electron chi connectivity index (χ3n) is 2.50. The van der Waals surface area contributed by atoms with Crippen molar-refractivity contribution in [3.8, 4) is 0 Å². The van der Waals surface area contributed by atoms with Crippen LogP contribution in [0.3, 0.4) is 0 Å². The largest absolute Gasteiger partial charge is 0.383 e. The number of nitrogens with two attached hydrogens (primary N) is 1. The molecule has 19 heavy (non-hydrogen) atoms. The number of nitrogens with zero attached hydrogens (tertiary/aromatic N) is 2. The number of aromatic nitrogens is 2. The molecule has 4 nitrogen and oxygen atoms in total. The lowest BCUT2D eigenvalue weighted by molar-refractivity contribution is -0.168. The van der Waals surface area contributed by atoms with E-state index in [0.717, 1.165) is 11.3 Å². The van der Waals surface area contributed by atoms with E-state index in [1.807, 2.05) is 0 Å². The van der Waals surface area contributed by atoms with Crippen molar-refractivity contribution < 1.29 is 22.3 Å². The summed E-state index contributed by atoms with van der Waals surface area (Å²) < 4.78 is 53.5. The highest BCUT2D eigenvalue weighted by Gasteiger charge is 2.41. The Hall–Kier alpha value is -1.09. The zero-order valence-corrected chi connectivity index (χ0v) is 10.5. The van der Waals surface area contributed by atoms with Crippen LogP contribution in [0.15, 0.2) is 0 Å². The molecule has 9 heteroatoms. The Morgan fingerprint density at radius 1 is 1.32 bits per heavy atom. The standard InChI is InChI=1S/C10H11F4N3OS/c11-9(12)10(13,14)4-18-1-7-16-6-3-19-2-5(6)8(15)17-7/h9H,1-4H2,(H2,15,16,17). The Bertz CT molecular complexity index is 472. The van der Waals surface area contributed by atoms with Gasteiger partial charge in [-0.3, -0.25) is 0 Å². The van der Waals surface area contributed by atoms with Gasteiger partial charge in [0.05, 0.1) is 5.69 Å². The summed E-state index contributed by atoms with van der Waals surface area (Å²) in [5.41, 5.74) is 7.28. The van der Waals surface area contributed by atoms with Crippen molar-refractivity contribution in [3.63, 3.8) is 0 Å². The van der Waals surface area contributed by atoms with Crippen LogP contribution in [0.4, 0.5) is 23.4 Å². The minimum atomic E-state index is -4.17. The highest BCUT2D eigenvalue weighted by molar-refractivity contribution is 7.98. The van der Waals surface area contributed by atoms with Crippen molar-refractivity contribution >= 4 is 17.6 Å². The molecule has 2 rings (SSSR count). The molecular weight excluding hydrogens is 286 g/mol. The molecule has 0 fully saturated rings. The van der Waals surface area contributed by atoms with Crippen molar-refractivity contribution in [1.29, 1.82) is 0 Å². The monoisotopic (exact) mass is 297 g/mol. The molecule has 1 aromatic heterocycles. The van der Waals surface area contributed by atoms with Crippen LogP contribution in [0.5, 0.6) is 0 Å². The minimum Gasteiger partial charge on any atom is -0.383 e. The molecular formula is C10H11F4N3OS. The maximum absolute atomic E-state index is 12.6. The Labute approximate surface area is 110 Å². The van der Waals surface area contributed by atoms with Crippen LogP contribution in [-0.2, 0) is 22.8 Å². The first-order valence-electron chi connectivity index (χ1n) is 5.36. The van der Waals surface area contributed by atoms with Crippen molar-refractivity contribution in [2.24, 2.45) is 0 Å². The zero-order valence-electron chi connectivity index (χ0n) is 9.71. The second kappa shape index (κ2) is 5.49. The van der Waals surface area contributed by atoms with Gasteiger partial charge in [0.2, 0.25) is 0 Å². The summed E-state index contributed by atoms with van der Waals surface area (Å²) >= 11 is 1.62. The van der Waals surface area contributed by atoms with E-state index in [-0.39, 0.29) is 18.2 Å². The third-order valence-corrected chi connectivity index (χ3v) is 3.47. The van der Waals surface area contributed by atoms with Crippen LogP contribution < -0.4 is 5.73 Å². The maximum Gasteiger partial charge on any atom is 0.330 e. The number of halogens is 4. The van der Waals surface area contributed by atoms with E-state index in [0.29, 0.717) is 11.5 Å². The van der Waals surface area contributed by atoms with Gasteiger partial charge in [-0.2, -0.15) is 20.5 Å². The molecule has 0 aliphatic carbocycles. The van der Waals surface area contributed by atoms with Crippen LogP contribution in [0.1, 0.15) is 17.1 Å². The lowest BCUT2D eigenvalue weighted by atomic mass is 10.2. The van der Waals surface area contributed by atoms with E-state index < -0.39 is 19.0 Å². The predicted molar refractivity (Wildman–Crippen MR) is 62.1 cm³/mol. The topological polar surface area (TPSA) is 61.0 Å². The van der Waals surface area contributed by atoms with Gasteiger partial charge in [0.15, 0.2) is 5.82 Å². The van der Waals surface area contributed by atoms with E-state index in [4.69, 9.17) is 5.73 Å². The van der Waals surface area contributed by atoms with Gasteiger partial charge in [0, 0.05) is 17.1 Å². The molecule has 2 N–H and O–H groups in total. The van der Waals surface area contributed by atoms with E-state index in [2.05, 4.69) is 14.7 Å². The van der Waals surface area contributed by atoms with Crippen molar-refractivity contribution in [2.45, 2.75) is 30.5 Å². The lowest BCUT2D eigenvalue weighted by Crippen LogP contribution is -2.32. The number of rotatable bonds is 5. The first-order valence-corrected chi connectivity index (χ1v) is 6.51. The highest BCUT2D eigenvalue weighted by Crippen LogP contribution is 2.31. The molecule has 0 aromatic carbocycles. The summed E-state index contributed by atoms with van der Waals surface area (Å²) in [5.74, 6) is -2.37. The fraction of sp³-hybridized carbons (Fsp3) is 0.600. The molecule has 0 spiro atoms. The summed E-state index contributed by atoms with van der Waals surface area (Å²) in [6, 6.07) is 0. The zero-order chi connectivity index (χ0) is 14.0. The summed E-state index contributed by atoms with van der Waals surface area (Å²) in [6.45, 7) is -1.75. The molecule has 0 amide bonds. The van der Waals surface area contributed by atoms with Gasteiger partial charge in [-0.05, 0) is 0 Å². The van der Waals surface area contributed by atoms with E-state index in [1.54, 1.807) is 11.8 Å². The number of ether oxygens (including phenoxy) is 1. The Balaban J connectivity index is 1.96. The van der Waals surface area contributed by atoms with Gasteiger partial charge in [-0.15, -0.1) is 0 Å². The number of hydrogen-bond acceptors (Lipinski definition) is 5. The maximum atomic E-state index is 12.6. The molecule has 1 aromatic rings. The van der Waals surface area contributed by atoms with Crippen LogP contribution in [0.2, 0.25) is 0 Å². The predicted octanol–water partition coefficient (Wildman–Crippen LogP) is 2.22. The Kier molecular flexibility index (Phi) is 4.14. The Morgan fingerprint density at radius 2 is 2.05 bits per heavy atom. The first kappa shape index (κ1) is 14.3. The molecule has 0 unspecified atom stereocenters. The van der Waals surface area contributed by atoms with Gasteiger partial charge in [-0.1, -0.05) is 0 Å². The van der Waals surface area contributed by atoms with E-state index in [9.17, 15) is 17.6 Å². The number of thioether (sulfide) groups is 1. The van der Waals surface area contributed by atoms with Crippen molar-refractivity contribution in [1.82, 2.24) is 9.97 Å². The van der Waals surface area contributed by atoms with Crippen molar-refractivity contribution in [3.05, 3.63) is 17.1 Å². The van der Waals surface area contributed by atoms with E-state index >= 15 is 0 Å². The molecule has 1 aliphatic heterocycles. The summed E-state index contributed by atoms with van der Waals surface area (Å²) in [7, 11) is 0. The summed E-state index contributed by atoms with van der Waals surface area (Å²) in [5, 5.41) is 0. The fourth-order valence-electron chi connectivity index (χ4n) is 1.53. The first-order chi connectivity index (χ1) is 8.90. The summed E-state index contributed by atoms with van der Waals surface area (Å²) in [6.07, 6.45) is -3.75. The molecule has 0 saturated carbocycles. The smallest absolute Gasteiger partial charge is 0.330 e. The molecule has 2 heterocycles. The van der Waals surface area contributed by atoms with Gasteiger partial charge in [0.25, 0.3) is 0 Å². The average Bonchev–Trinajstić information content (AvgIpc) is 2.77. The molecule has 106 valence electrons. The highest BCUT2D eigenvalue weighted by atomic mass is 32.2. The normalized spacial score (nSPS) is 15.0. The third kappa shape index (κ3) is 3.27.